The first kappa shape index (κ1) is 22.4. The molecule has 0 spiro atoms. The van der Waals surface area contributed by atoms with E-state index < -0.39 is 0 Å². The molecule has 1 nitrogen and oxygen atoms in total. The molecule has 0 aliphatic rings. The van der Waals surface area contributed by atoms with Crippen molar-refractivity contribution < 1.29 is 17.0 Å². The Bertz CT molecular complexity index is 347. The van der Waals surface area contributed by atoms with Gasteiger partial charge in [0, 0.05) is 18.6 Å². The Morgan fingerprint density at radius 2 is 1.09 bits per heavy atom. The second-order valence-corrected chi connectivity index (χ2v) is 6.69. The van der Waals surface area contributed by atoms with Crippen LogP contribution in [0.15, 0.2) is 24.5 Å². The summed E-state index contributed by atoms with van der Waals surface area (Å²) in [6.07, 6.45) is 22.7. The van der Waals surface area contributed by atoms with Crippen LogP contribution in [-0.2, 0) is 13.0 Å². The lowest BCUT2D eigenvalue weighted by molar-refractivity contribution is -0.697. The average Bonchev–Trinajstić information content (AvgIpc) is 2.56. The predicted molar refractivity (Wildman–Crippen MR) is 97.1 cm³/mol. The first-order valence-corrected chi connectivity index (χ1v) is 9.84. The summed E-state index contributed by atoms with van der Waals surface area (Å²) in [7, 11) is 0. The highest BCUT2D eigenvalue weighted by molar-refractivity contribution is 5.06. The lowest BCUT2D eigenvalue weighted by Gasteiger charge is -2.02. The molecular formula is C21H38ClN. The van der Waals surface area contributed by atoms with Crippen molar-refractivity contribution in [2.45, 2.75) is 104 Å². The number of halogens is 1. The maximum atomic E-state index is 2.33. The summed E-state index contributed by atoms with van der Waals surface area (Å²) in [5, 5.41) is 0. The minimum absolute atomic E-state index is 0. The molecule has 1 heterocycles. The highest BCUT2D eigenvalue weighted by Crippen LogP contribution is 2.11. The Morgan fingerprint density at radius 3 is 1.52 bits per heavy atom. The van der Waals surface area contributed by atoms with Crippen LogP contribution in [0.5, 0.6) is 0 Å². The summed E-state index contributed by atoms with van der Waals surface area (Å²) in [6, 6.07) is 4.50. The van der Waals surface area contributed by atoms with Crippen LogP contribution in [0, 0.1) is 0 Å². The Hall–Kier alpha value is -0.560. The monoisotopic (exact) mass is 339 g/mol. The third-order valence-corrected chi connectivity index (χ3v) is 4.64. The smallest absolute Gasteiger partial charge is 0.169 e. The number of aryl methyl sites for hydroxylation is 2. The normalized spacial score (nSPS) is 10.5. The number of rotatable bonds is 14. The first-order chi connectivity index (χ1) is 10.9. The number of hydrogen-bond donors (Lipinski definition) is 0. The van der Waals surface area contributed by atoms with Crippen LogP contribution in [0.25, 0.3) is 0 Å². The molecule has 0 aliphatic heterocycles. The Kier molecular flexibility index (Phi) is 15.9. The van der Waals surface area contributed by atoms with Crippen molar-refractivity contribution in [3.63, 3.8) is 0 Å². The van der Waals surface area contributed by atoms with Gasteiger partial charge in [0.25, 0.3) is 0 Å². The van der Waals surface area contributed by atoms with Crippen molar-refractivity contribution in [2.75, 3.05) is 0 Å². The van der Waals surface area contributed by atoms with Gasteiger partial charge in [-0.3, -0.25) is 0 Å². The highest BCUT2D eigenvalue weighted by Gasteiger charge is 2.00. The van der Waals surface area contributed by atoms with E-state index in [4.69, 9.17) is 0 Å². The molecule has 0 bridgehead atoms. The van der Waals surface area contributed by atoms with Gasteiger partial charge in [0.2, 0.25) is 0 Å². The van der Waals surface area contributed by atoms with Gasteiger partial charge >= 0.3 is 0 Å². The van der Waals surface area contributed by atoms with E-state index in [2.05, 4.69) is 42.9 Å². The number of aromatic nitrogens is 1. The molecule has 0 unspecified atom stereocenters. The van der Waals surface area contributed by atoms with E-state index in [9.17, 15) is 0 Å². The number of nitrogens with zero attached hydrogens (tertiary/aromatic N) is 1. The van der Waals surface area contributed by atoms with E-state index in [1.54, 1.807) is 0 Å². The van der Waals surface area contributed by atoms with E-state index in [1.807, 2.05) is 0 Å². The maximum Gasteiger partial charge on any atom is 0.169 e. The molecule has 0 saturated heterocycles. The fourth-order valence-corrected chi connectivity index (χ4v) is 3.01. The Labute approximate surface area is 151 Å². The van der Waals surface area contributed by atoms with Crippen LogP contribution in [0.3, 0.4) is 0 Å². The van der Waals surface area contributed by atoms with Crippen molar-refractivity contribution in [2.24, 2.45) is 0 Å². The largest absolute Gasteiger partial charge is 1.00 e. The fraction of sp³-hybridized carbons (Fsp3) is 0.762. The van der Waals surface area contributed by atoms with Crippen molar-refractivity contribution in [1.29, 1.82) is 0 Å². The van der Waals surface area contributed by atoms with E-state index in [-0.39, 0.29) is 12.4 Å². The predicted octanol–water partition coefficient (Wildman–Crippen LogP) is 3.24. The third-order valence-electron chi connectivity index (χ3n) is 4.64. The van der Waals surface area contributed by atoms with Crippen molar-refractivity contribution >= 4 is 0 Å². The molecule has 0 amide bonds. The quantitative estimate of drug-likeness (QED) is 0.362. The Balaban J connectivity index is 0.00000484. The van der Waals surface area contributed by atoms with Crippen LogP contribution in [0.4, 0.5) is 0 Å². The van der Waals surface area contributed by atoms with Gasteiger partial charge in [0.05, 0.1) is 0 Å². The Morgan fingerprint density at radius 1 is 0.652 bits per heavy atom. The third kappa shape index (κ3) is 12.5. The molecule has 0 radical (unpaired) electrons. The van der Waals surface area contributed by atoms with Crippen LogP contribution in [0.1, 0.15) is 96.5 Å². The SMILES string of the molecule is CCCCCCCCCCCCCC[n+]1ccc(CC)cc1.[Cl-]. The van der Waals surface area contributed by atoms with Gasteiger partial charge in [-0.1, -0.05) is 78.1 Å². The molecule has 1 aromatic heterocycles. The van der Waals surface area contributed by atoms with Gasteiger partial charge < -0.3 is 12.4 Å². The van der Waals surface area contributed by atoms with Gasteiger partial charge in [0.1, 0.15) is 6.54 Å². The number of hydrogen-bond acceptors (Lipinski definition) is 0. The second kappa shape index (κ2) is 16.3. The topological polar surface area (TPSA) is 3.88 Å². The molecule has 0 fully saturated rings. The van der Waals surface area contributed by atoms with E-state index in [0.717, 1.165) is 6.42 Å². The summed E-state index contributed by atoms with van der Waals surface area (Å²) in [5.74, 6) is 0. The average molecular weight is 340 g/mol. The summed E-state index contributed by atoms with van der Waals surface area (Å²) in [6.45, 7) is 5.69. The molecule has 1 aromatic rings. The lowest BCUT2D eigenvalue weighted by Crippen LogP contribution is -3.00. The van der Waals surface area contributed by atoms with Gasteiger partial charge in [-0.15, -0.1) is 0 Å². The van der Waals surface area contributed by atoms with Crippen LogP contribution in [-0.4, -0.2) is 0 Å². The standard InChI is InChI=1S/C21H38N.ClH/c1-3-5-6-7-8-9-10-11-12-13-14-15-18-22-19-16-21(4-2)17-20-22;/h16-17,19-20H,3-15,18H2,1-2H3;1H/q+1;/p-1. The minimum Gasteiger partial charge on any atom is -1.00 e. The van der Waals surface area contributed by atoms with Crippen LogP contribution in [0.2, 0.25) is 0 Å². The van der Waals surface area contributed by atoms with Crippen molar-refractivity contribution in [3.8, 4) is 0 Å². The van der Waals surface area contributed by atoms with E-state index in [0.29, 0.717) is 0 Å². The van der Waals surface area contributed by atoms with Gasteiger partial charge in [-0.2, -0.15) is 0 Å². The molecule has 134 valence electrons. The summed E-state index contributed by atoms with van der Waals surface area (Å²) < 4.78 is 2.33. The van der Waals surface area contributed by atoms with Gasteiger partial charge in [-0.25, -0.2) is 4.57 Å². The molecule has 0 saturated carbocycles. The summed E-state index contributed by atoms with van der Waals surface area (Å²) >= 11 is 0. The molecular weight excluding hydrogens is 302 g/mol. The second-order valence-electron chi connectivity index (χ2n) is 6.69. The molecule has 23 heavy (non-hydrogen) atoms. The van der Waals surface area contributed by atoms with Crippen LogP contribution >= 0.6 is 0 Å². The van der Waals surface area contributed by atoms with Gasteiger partial charge in [0.15, 0.2) is 12.4 Å². The zero-order valence-corrected chi connectivity index (χ0v) is 16.3. The molecule has 0 aromatic carbocycles. The van der Waals surface area contributed by atoms with Crippen molar-refractivity contribution in [1.82, 2.24) is 0 Å². The number of unbranched alkanes of at least 4 members (excludes halogenated alkanes) is 11. The molecule has 0 aliphatic carbocycles. The van der Waals surface area contributed by atoms with Crippen LogP contribution < -0.4 is 17.0 Å². The molecule has 0 atom stereocenters. The molecule has 2 heteroatoms. The minimum atomic E-state index is 0. The van der Waals surface area contributed by atoms with E-state index in [1.165, 1.54) is 89.2 Å². The molecule has 0 N–H and O–H groups in total. The molecule has 1 rings (SSSR count). The zero-order chi connectivity index (χ0) is 15.9. The number of pyridine rings is 1. The van der Waals surface area contributed by atoms with E-state index >= 15 is 0 Å². The van der Waals surface area contributed by atoms with Gasteiger partial charge in [-0.05, 0) is 18.4 Å². The summed E-state index contributed by atoms with van der Waals surface area (Å²) in [5.41, 5.74) is 1.44. The van der Waals surface area contributed by atoms with Crippen molar-refractivity contribution in [3.05, 3.63) is 30.1 Å². The highest BCUT2D eigenvalue weighted by atomic mass is 35.5. The maximum absolute atomic E-state index is 2.33. The summed E-state index contributed by atoms with van der Waals surface area (Å²) in [4.78, 5) is 0. The fourth-order valence-electron chi connectivity index (χ4n) is 3.01. The lowest BCUT2D eigenvalue weighted by atomic mass is 10.1. The zero-order valence-electron chi connectivity index (χ0n) is 15.5. The first-order valence-electron chi connectivity index (χ1n) is 9.84.